The van der Waals surface area contributed by atoms with Crippen LogP contribution >= 0.6 is 11.6 Å². The Morgan fingerprint density at radius 2 is 1.95 bits per heavy atom. The number of hydrogen-bond acceptors (Lipinski definition) is 3. The topological polar surface area (TPSA) is 41.5 Å². The molecule has 100 valence electrons. The number of aliphatic hydroxyl groups excluding tert-OH is 1. The molecule has 1 unspecified atom stereocenters. The summed E-state index contributed by atoms with van der Waals surface area (Å²) in [7, 11) is 1.58. The SMILES string of the molecule is COc1ccc(C(CO)Nc2ccccc2)cc1Cl. The normalized spacial score (nSPS) is 11.9. The van der Waals surface area contributed by atoms with Crippen molar-refractivity contribution in [3.05, 3.63) is 59.1 Å². The molecular weight excluding hydrogens is 262 g/mol. The molecule has 0 aromatic heterocycles. The van der Waals surface area contributed by atoms with Crippen LogP contribution in [0.5, 0.6) is 5.75 Å². The van der Waals surface area contributed by atoms with E-state index in [9.17, 15) is 5.11 Å². The lowest BCUT2D eigenvalue weighted by Crippen LogP contribution is -2.14. The van der Waals surface area contributed by atoms with Crippen LogP contribution < -0.4 is 10.1 Å². The van der Waals surface area contributed by atoms with Crippen LogP contribution in [-0.2, 0) is 0 Å². The van der Waals surface area contributed by atoms with Gasteiger partial charge in [0.05, 0.1) is 24.8 Å². The van der Waals surface area contributed by atoms with Gasteiger partial charge in [-0.2, -0.15) is 0 Å². The summed E-state index contributed by atoms with van der Waals surface area (Å²) in [5.41, 5.74) is 1.87. The van der Waals surface area contributed by atoms with Crippen molar-refractivity contribution in [1.82, 2.24) is 0 Å². The Hall–Kier alpha value is -1.71. The molecule has 0 radical (unpaired) electrons. The van der Waals surface area contributed by atoms with Gasteiger partial charge in [-0.05, 0) is 29.8 Å². The average molecular weight is 278 g/mol. The highest BCUT2D eigenvalue weighted by molar-refractivity contribution is 6.32. The minimum absolute atomic E-state index is 0.0163. The maximum atomic E-state index is 9.52. The van der Waals surface area contributed by atoms with Crippen molar-refractivity contribution in [2.75, 3.05) is 19.0 Å². The van der Waals surface area contributed by atoms with Crippen LogP contribution in [0.1, 0.15) is 11.6 Å². The Labute approximate surface area is 117 Å². The predicted octanol–water partition coefficient (Wildman–Crippen LogP) is 3.49. The molecule has 0 aliphatic heterocycles. The quantitative estimate of drug-likeness (QED) is 0.879. The van der Waals surface area contributed by atoms with Crippen molar-refractivity contribution >= 4 is 17.3 Å². The van der Waals surface area contributed by atoms with Gasteiger partial charge in [0.1, 0.15) is 5.75 Å². The first-order valence-corrected chi connectivity index (χ1v) is 6.38. The van der Waals surface area contributed by atoms with Gasteiger partial charge in [0.15, 0.2) is 0 Å². The Kier molecular flexibility index (Phi) is 4.66. The van der Waals surface area contributed by atoms with Gasteiger partial charge in [0, 0.05) is 5.69 Å². The van der Waals surface area contributed by atoms with E-state index in [1.165, 1.54) is 0 Å². The van der Waals surface area contributed by atoms with Gasteiger partial charge in [0.2, 0.25) is 0 Å². The average Bonchev–Trinajstić information content (AvgIpc) is 2.46. The van der Waals surface area contributed by atoms with E-state index in [1.807, 2.05) is 36.4 Å². The van der Waals surface area contributed by atoms with Crippen molar-refractivity contribution < 1.29 is 9.84 Å². The summed E-state index contributed by atoms with van der Waals surface area (Å²) < 4.78 is 5.12. The smallest absolute Gasteiger partial charge is 0.137 e. The molecule has 0 aliphatic carbocycles. The molecule has 2 aromatic rings. The Morgan fingerprint density at radius 3 is 2.53 bits per heavy atom. The number of benzene rings is 2. The number of ether oxygens (including phenoxy) is 1. The second-order valence-electron chi connectivity index (χ2n) is 4.14. The molecule has 0 heterocycles. The first-order valence-electron chi connectivity index (χ1n) is 6.00. The van der Waals surface area contributed by atoms with E-state index in [2.05, 4.69) is 5.32 Å². The van der Waals surface area contributed by atoms with E-state index in [4.69, 9.17) is 16.3 Å². The number of hydrogen-bond donors (Lipinski definition) is 2. The number of halogens is 1. The molecule has 2 N–H and O–H groups in total. The third-order valence-electron chi connectivity index (χ3n) is 2.88. The molecule has 3 nitrogen and oxygen atoms in total. The molecule has 0 saturated carbocycles. The molecule has 19 heavy (non-hydrogen) atoms. The first-order chi connectivity index (χ1) is 9.24. The lowest BCUT2D eigenvalue weighted by Gasteiger charge is -2.18. The molecule has 4 heteroatoms. The minimum Gasteiger partial charge on any atom is -0.495 e. The zero-order valence-corrected chi connectivity index (χ0v) is 11.4. The van der Waals surface area contributed by atoms with Gasteiger partial charge in [-0.15, -0.1) is 0 Å². The van der Waals surface area contributed by atoms with E-state index in [0.717, 1.165) is 11.3 Å². The van der Waals surface area contributed by atoms with Crippen LogP contribution in [0.4, 0.5) is 5.69 Å². The van der Waals surface area contributed by atoms with Crippen LogP contribution in [0.3, 0.4) is 0 Å². The largest absolute Gasteiger partial charge is 0.495 e. The highest BCUT2D eigenvalue weighted by atomic mass is 35.5. The van der Waals surface area contributed by atoms with Crippen LogP contribution in [0.2, 0.25) is 5.02 Å². The maximum Gasteiger partial charge on any atom is 0.137 e. The van der Waals surface area contributed by atoms with E-state index >= 15 is 0 Å². The zero-order valence-electron chi connectivity index (χ0n) is 10.6. The van der Waals surface area contributed by atoms with Gasteiger partial charge in [-0.3, -0.25) is 0 Å². The van der Waals surface area contributed by atoms with Crippen LogP contribution in [0.15, 0.2) is 48.5 Å². The van der Waals surface area contributed by atoms with Crippen LogP contribution in [0.25, 0.3) is 0 Å². The van der Waals surface area contributed by atoms with Gasteiger partial charge in [-0.25, -0.2) is 0 Å². The highest BCUT2D eigenvalue weighted by Gasteiger charge is 2.12. The third-order valence-corrected chi connectivity index (χ3v) is 3.17. The fourth-order valence-electron chi connectivity index (χ4n) is 1.87. The van der Waals surface area contributed by atoms with E-state index < -0.39 is 0 Å². The lowest BCUT2D eigenvalue weighted by molar-refractivity contribution is 0.276. The number of para-hydroxylation sites is 1. The first kappa shape index (κ1) is 13.7. The number of methoxy groups -OCH3 is 1. The molecule has 0 bridgehead atoms. The summed E-state index contributed by atoms with van der Waals surface area (Å²) in [5, 5.41) is 13.3. The second kappa shape index (κ2) is 6.45. The molecule has 0 fully saturated rings. The summed E-state index contributed by atoms with van der Waals surface area (Å²) in [6, 6.07) is 15.0. The van der Waals surface area contributed by atoms with Gasteiger partial charge in [0.25, 0.3) is 0 Å². The summed E-state index contributed by atoms with van der Waals surface area (Å²) in [6.07, 6.45) is 0. The fourth-order valence-corrected chi connectivity index (χ4v) is 2.14. The van der Waals surface area contributed by atoms with Crippen LogP contribution in [0, 0.1) is 0 Å². The lowest BCUT2D eigenvalue weighted by atomic mass is 10.1. The third kappa shape index (κ3) is 3.40. The van der Waals surface area contributed by atoms with E-state index in [-0.39, 0.29) is 12.6 Å². The van der Waals surface area contributed by atoms with Crippen molar-refractivity contribution in [3.8, 4) is 5.75 Å². The number of anilines is 1. The molecule has 0 aliphatic rings. The van der Waals surface area contributed by atoms with E-state index in [1.54, 1.807) is 19.2 Å². The van der Waals surface area contributed by atoms with Crippen molar-refractivity contribution in [2.45, 2.75) is 6.04 Å². The standard InChI is InChI=1S/C15H16ClNO2/c1-19-15-8-7-11(9-13(15)16)14(10-18)17-12-5-3-2-4-6-12/h2-9,14,17-18H,10H2,1H3. The molecular formula is C15H16ClNO2. The number of nitrogens with one attached hydrogen (secondary N) is 1. The summed E-state index contributed by atoms with van der Waals surface area (Å²) in [4.78, 5) is 0. The Morgan fingerprint density at radius 1 is 1.21 bits per heavy atom. The Balaban J connectivity index is 2.20. The predicted molar refractivity (Wildman–Crippen MR) is 77.9 cm³/mol. The molecule has 1 atom stereocenters. The van der Waals surface area contributed by atoms with Crippen molar-refractivity contribution in [2.24, 2.45) is 0 Å². The molecule has 0 saturated heterocycles. The number of aliphatic hydroxyl groups is 1. The fraction of sp³-hybridized carbons (Fsp3) is 0.200. The van der Waals surface area contributed by atoms with Crippen molar-refractivity contribution in [1.29, 1.82) is 0 Å². The van der Waals surface area contributed by atoms with Gasteiger partial charge in [-0.1, -0.05) is 35.9 Å². The molecule has 2 aromatic carbocycles. The second-order valence-corrected chi connectivity index (χ2v) is 4.55. The van der Waals surface area contributed by atoms with Gasteiger partial charge >= 0.3 is 0 Å². The van der Waals surface area contributed by atoms with Gasteiger partial charge < -0.3 is 15.2 Å². The summed E-state index contributed by atoms with van der Waals surface area (Å²) in [6.45, 7) is -0.0163. The maximum absolute atomic E-state index is 9.52. The monoisotopic (exact) mass is 277 g/mol. The molecule has 0 amide bonds. The van der Waals surface area contributed by atoms with Crippen LogP contribution in [-0.4, -0.2) is 18.8 Å². The summed E-state index contributed by atoms with van der Waals surface area (Å²) in [5.74, 6) is 0.627. The molecule has 0 spiro atoms. The van der Waals surface area contributed by atoms with Crippen molar-refractivity contribution in [3.63, 3.8) is 0 Å². The summed E-state index contributed by atoms with van der Waals surface area (Å²) >= 11 is 6.10. The molecule has 2 rings (SSSR count). The van der Waals surface area contributed by atoms with E-state index in [0.29, 0.717) is 10.8 Å². The Bertz CT molecular complexity index is 531. The number of rotatable bonds is 5. The zero-order chi connectivity index (χ0) is 13.7. The highest BCUT2D eigenvalue weighted by Crippen LogP contribution is 2.28. The minimum atomic E-state index is -0.203.